The fourth-order valence-corrected chi connectivity index (χ4v) is 5.59. The van der Waals surface area contributed by atoms with Gasteiger partial charge in [0.25, 0.3) is 0 Å². The molecule has 0 amide bonds. The standard InChI is InChI=1S/C13H21NOS2/c1-13(7-8-14,11-4-2-3-5-11)17(15)12-6-9-16-10-12/h6,9-11H,2-5,7-8,14H2,1H3. The van der Waals surface area contributed by atoms with Crippen molar-refractivity contribution in [1.82, 2.24) is 0 Å². The van der Waals surface area contributed by atoms with Crippen LogP contribution in [-0.2, 0) is 10.8 Å². The lowest BCUT2D eigenvalue weighted by Gasteiger charge is -2.34. The van der Waals surface area contributed by atoms with E-state index >= 15 is 0 Å². The van der Waals surface area contributed by atoms with Crippen LogP contribution < -0.4 is 5.73 Å². The average Bonchev–Trinajstić information content (AvgIpc) is 3.01. The van der Waals surface area contributed by atoms with Crippen LogP contribution in [0.25, 0.3) is 0 Å². The van der Waals surface area contributed by atoms with Gasteiger partial charge >= 0.3 is 0 Å². The maximum atomic E-state index is 12.8. The van der Waals surface area contributed by atoms with Crippen LogP contribution in [0.5, 0.6) is 0 Å². The summed E-state index contributed by atoms with van der Waals surface area (Å²) in [6.45, 7) is 2.80. The molecule has 96 valence electrons. The molecule has 0 spiro atoms. The average molecular weight is 271 g/mol. The summed E-state index contributed by atoms with van der Waals surface area (Å²) in [6, 6.07) is 1.99. The van der Waals surface area contributed by atoms with Crippen molar-refractivity contribution in [3.05, 3.63) is 16.8 Å². The zero-order valence-electron chi connectivity index (χ0n) is 10.4. The van der Waals surface area contributed by atoms with Gasteiger partial charge in [-0.15, -0.1) is 0 Å². The lowest BCUT2D eigenvalue weighted by atomic mass is 9.89. The lowest BCUT2D eigenvalue weighted by Crippen LogP contribution is -2.40. The van der Waals surface area contributed by atoms with Crippen molar-refractivity contribution in [2.45, 2.75) is 48.7 Å². The van der Waals surface area contributed by atoms with Crippen LogP contribution in [0.4, 0.5) is 0 Å². The normalized spacial score (nSPS) is 22.5. The van der Waals surface area contributed by atoms with Crippen molar-refractivity contribution in [2.24, 2.45) is 11.7 Å². The van der Waals surface area contributed by atoms with Crippen molar-refractivity contribution in [3.8, 4) is 0 Å². The molecule has 0 aliphatic heterocycles. The van der Waals surface area contributed by atoms with Gasteiger partial charge in [0.15, 0.2) is 0 Å². The van der Waals surface area contributed by atoms with Crippen molar-refractivity contribution in [2.75, 3.05) is 6.54 Å². The molecule has 1 fully saturated rings. The van der Waals surface area contributed by atoms with Gasteiger partial charge in [-0.3, -0.25) is 4.21 Å². The molecule has 1 heterocycles. The Morgan fingerprint density at radius 1 is 1.53 bits per heavy atom. The number of rotatable bonds is 5. The SMILES string of the molecule is CC(CCN)(C1CCCC1)S(=O)c1ccsc1. The van der Waals surface area contributed by atoms with E-state index < -0.39 is 10.8 Å². The van der Waals surface area contributed by atoms with Crippen LogP contribution >= 0.6 is 11.3 Å². The molecule has 2 nitrogen and oxygen atoms in total. The Kier molecular flexibility index (Phi) is 4.39. The largest absolute Gasteiger partial charge is 0.330 e. The van der Waals surface area contributed by atoms with E-state index in [0.29, 0.717) is 12.5 Å². The fourth-order valence-electron chi connectivity index (χ4n) is 2.90. The monoisotopic (exact) mass is 271 g/mol. The van der Waals surface area contributed by atoms with Gasteiger partial charge in [0.05, 0.1) is 20.4 Å². The molecule has 2 N–H and O–H groups in total. The van der Waals surface area contributed by atoms with Gasteiger partial charge in [-0.05, 0) is 50.1 Å². The Hall–Kier alpha value is -0.190. The van der Waals surface area contributed by atoms with Crippen LogP contribution in [0.3, 0.4) is 0 Å². The molecule has 1 saturated carbocycles. The number of hydrogen-bond donors (Lipinski definition) is 1. The minimum atomic E-state index is -0.915. The third kappa shape index (κ3) is 2.64. The van der Waals surface area contributed by atoms with E-state index in [9.17, 15) is 4.21 Å². The molecule has 2 rings (SSSR count). The van der Waals surface area contributed by atoms with E-state index in [-0.39, 0.29) is 4.75 Å². The van der Waals surface area contributed by atoms with Gasteiger partial charge in [0, 0.05) is 5.38 Å². The van der Waals surface area contributed by atoms with E-state index in [2.05, 4.69) is 6.92 Å². The highest BCUT2D eigenvalue weighted by molar-refractivity contribution is 7.86. The molecule has 4 heteroatoms. The smallest absolute Gasteiger partial charge is 0.0601 e. The maximum Gasteiger partial charge on any atom is 0.0601 e. The molecule has 2 unspecified atom stereocenters. The minimum absolute atomic E-state index is 0.133. The Morgan fingerprint density at radius 3 is 2.76 bits per heavy atom. The summed E-state index contributed by atoms with van der Waals surface area (Å²) in [5.74, 6) is 0.576. The summed E-state index contributed by atoms with van der Waals surface area (Å²) in [5.41, 5.74) is 5.74. The zero-order chi connectivity index (χ0) is 12.3. The first-order valence-electron chi connectivity index (χ1n) is 6.32. The molecule has 17 heavy (non-hydrogen) atoms. The Bertz CT molecular complexity index is 371. The Balaban J connectivity index is 2.23. The molecule has 1 aromatic heterocycles. The molecular formula is C13H21NOS2. The van der Waals surface area contributed by atoms with Crippen LogP contribution in [-0.4, -0.2) is 15.5 Å². The van der Waals surface area contributed by atoms with Gasteiger partial charge in [-0.2, -0.15) is 11.3 Å². The molecule has 2 atom stereocenters. The maximum absolute atomic E-state index is 12.8. The molecular weight excluding hydrogens is 250 g/mol. The molecule has 0 bridgehead atoms. The topological polar surface area (TPSA) is 43.1 Å². The number of hydrogen-bond acceptors (Lipinski definition) is 3. The first kappa shape index (κ1) is 13.2. The third-order valence-electron chi connectivity index (χ3n) is 3.99. The summed E-state index contributed by atoms with van der Waals surface area (Å²) in [5, 5.41) is 4.02. The van der Waals surface area contributed by atoms with Gasteiger partial charge in [0.2, 0.25) is 0 Å². The lowest BCUT2D eigenvalue weighted by molar-refractivity contribution is 0.380. The Morgan fingerprint density at radius 2 is 2.24 bits per heavy atom. The molecule has 1 aliphatic rings. The highest BCUT2D eigenvalue weighted by Crippen LogP contribution is 2.41. The molecule has 0 saturated heterocycles. The summed E-state index contributed by atoms with van der Waals surface area (Å²) in [7, 11) is -0.915. The van der Waals surface area contributed by atoms with Crippen LogP contribution in [0.15, 0.2) is 21.7 Å². The van der Waals surface area contributed by atoms with Gasteiger partial charge in [0.1, 0.15) is 0 Å². The second-order valence-electron chi connectivity index (χ2n) is 5.06. The van der Waals surface area contributed by atoms with E-state index in [0.717, 1.165) is 11.3 Å². The van der Waals surface area contributed by atoms with Gasteiger partial charge in [-0.1, -0.05) is 12.8 Å². The second-order valence-corrected chi connectivity index (χ2v) is 7.78. The number of thiophene rings is 1. The summed E-state index contributed by atoms with van der Waals surface area (Å²) < 4.78 is 12.6. The van der Waals surface area contributed by atoms with Crippen molar-refractivity contribution >= 4 is 22.1 Å². The highest BCUT2D eigenvalue weighted by atomic mass is 32.2. The second kappa shape index (κ2) is 5.63. The number of nitrogens with two attached hydrogens (primary N) is 1. The zero-order valence-corrected chi connectivity index (χ0v) is 12.0. The first-order valence-corrected chi connectivity index (χ1v) is 8.42. The minimum Gasteiger partial charge on any atom is -0.330 e. The van der Waals surface area contributed by atoms with E-state index in [1.54, 1.807) is 11.3 Å². The van der Waals surface area contributed by atoms with Gasteiger partial charge in [-0.25, -0.2) is 0 Å². The predicted molar refractivity (Wildman–Crippen MR) is 74.8 cm³/mol. The summed E-state index contributed by atoms with van der Waals surface area (Å²) in [6.07, 6.45) is 5.86. The Labute approximate surface area is 110 Å². The van der Waals surface area contributed by atoms with E-state index in [4.69, 9.17) is 5.73 Å². The summed E-state index contributed by atoms with van der Waals surface area (Å²) >= 11 is 1.62. The fraction of sp³-hybridized carbons (Fsp3) is 0.692. The van der Waals surface area contributed by atoms with E-state index in [1.807, 2.05) is 16.8 Å². The van der Waals surface area contributed by atoms with Crippen LogP contribution in [0, 0.1) is 5.92 Å². The van der Waals surface area contributed by atoms with Gasteiger partial charge < -0.3 is 5.73 Å². The summed E-state index contributed by atoms with van der Waals surface area (Å²) in [4.78, 5) is 0.984. The highest BCUT2D eigenvalue weighted by Gasteiger charge is 2.41. The molecule has 0 radical (unpaired) electrons. The van der Waals surface area contributed by atoms with Crippen LogP contribution in [0.1, 0.15) is 39.0 Å². The van der Waals surface area contributed by atoms with Crippen molar-refractivity contribution in [1.29, 1.82) is 0 Å². The first-order chi connectivity index (χ1) is 8.18. The predicted octanol–water partition coefficient (Wildman–Crippen LogP) is 3.15. The third-order valence-corrected chi connectivity index (χ3v) is 6.89. The van der Waals surface area contributed by atoms with E-state index in [1.165, 1.54) is 25.7 Å². The van der Waals surface area contributed by atoms with Crippen molar-refractivity contribution < 1.29 is 4.21 Å². The molecule has 1 aromatic rings. The van der Waals surface area contributed by atoms with Crippen molar-refractivity contribution in [3.63, 3.8) is 0 Å². The quantitative estimate of drug-likeness (QED) is 0.894. The molecule has 0 aromatic carbocycles. The molecule has 1 aliphatic carbocycles. The van der Waals surface area contributed by atoms with Crippen LogP contribution in [0.2, 0.25) is 0 Å².